The predicted octanol–water partition coefficient (Wildman–Crippen LogP) is 1.52. The van der Waals surface area contributed by atoms with E-state index in [1.165, 1.54) is 43.9 Å². The van der Waals surface area contributed by atoms with Gasteiger partial charge in [0.2, 0.25) is 15.9 Å². The molecule has 2 aliphatic heterocycles. The third-order valence-electron chi connectivity index (χ3n) is 5.62. The molecular formula is C21H23N3O4S. The maximum Gasteiger partial charge on any atom is 0.254 e. The number of carbonyl (C=O) groups is 2. The maximum atomic E-state index is 13.0. The van der Waals surface area contributed by atoms with Gasteiger partial charge in [-0.2, -0.15) is 0 Å². The Morgan fingerprint density at radius 2 is 1.76 bits per heavy atom. The molecule has 0 aromatic heterocycles. The average molecular weight is 413 g/mol. The first-order valence-electron chi connectivity index (χ1n) is 9.48. The Bertz CT molecular complexity index is 1060. The Morgan fingerprint density at radius 3 is 2.45 bits per heavy atom. The largest absolute Gasteiger partial charge is 0.332 e. The number of amides is 2. The Labute approximate surface area is 170 Å². The molecule has 0 saturated carbocycles. The first-order valence-corrected chi connectivity index (χ1v) is 10.9. The van der Waals surface area contributed by atoms with Gasteiger partial charge in [-0.1, -0.05) is 24.3 Å². The molecule has 7 nitrogen and oxygen atoms in total. The van der Waals surface area contributed by atoms with Gasteiger partial charge in [-0.15, -0.1) is 0 Å². The number of hydrogen-bond donors (Lipinski definition) is 0. The second-order valence-electron chi connectivity index (χ2n) is 7.55. The van der Waals surface area contributed by atoms with Crippen molar-refractivity contribution in [3.8, 4) is 0 Å². The summed E-state index contributed by atoms with van der Waals surface area (Å²) in [4.78, 5) is 29.3. The van der Waals surface area contributed by atoms with Gasteiger partial charge >= 0.3 is 0 Å². The number of piperazine rings is 1. The molecule has 1 atom stereocenters. The first-order chi connectivity index (χ1) is 13.8. The third kappa shape index (κ3) is 3.42. The van der Waals surface area contributed by atoms with Crippen molar-refractivity contribution in [3.63, 3.8) is 0 Å². The molecule has 8 heteroatoms. The highest BCUT2D eigenvalue weighted by molar-refractivity contribution is 7.89. The average Bonchev–Trinajstić information content (AvgIpc) is 2.73. The van der Waals surface area contributed by atoms with Crippen LogP contribution >= 0.6 is 0 Å². The summed E-state index contributed by atoms with van der Waals surface area (Å²) in [5.74, 6) is -0.328. The van der Waals surface area contributed by atoms with Crippen LogP contribution in [0.2, 0.25) is 0 Å². The molecule has 2 heterocycles. The standard InChI is InChI=1S/C21H23N3O4S/c1-22(2)29(27,28)17-9-7-16(8-10-17)21(26)23-13-19-18-6-4-3-5-15(18)11-12-24(19)20(25)14-23/h3-10,19H,11-14H2,1-2H3/t19-/m0/s1. The summed E-state index contributed by atoms with van der Waals surface area (Å²) in [6.07, 6.45) is 0.828. The second-order valence-corrected chi connectivity index (χ2v) is 9.70. The number of fused-ring (bicyclic) bond motifs is 3. The SMILES string of the molecule is CN(C)S(=O)(=O)c1ccc(C(=O)N2CC(=O)N3CCc4ccccc4[C@@H]3C2)cc1. The van der Waals surface area contributed by atoms with E-state index in [0.717, 1.165) is 16.3 Å². The predicted molar refractivity (Wildman–Crippen MR) is 108 cm³/mol. The maximum absolute atomic E-state index is 13.0. The summed E-state index contributed by atoms with van der Waals surface area (Å²) >= 11 is 0. The van der Waals surface area contributed by atoms with E-state index in [1.807, 2.05) is 23.1 Å². The molecular weight excluding hydrogens is 390 g/mol. The number of hydrogen-bond acceptors (Lipinski definition) is 4. The van der Waals surface area contributed by atoms with Crippen molar-refractivity contribution >= 4 is 21.8 Å². The van der Waals surface area contributed by atoms with Gasteiger partial charge in [0.1, 0.15) is 6.54 Å². The molecule has 152 valence electrons. The summed E-state index contributed by atoms with van der Waals surface area (Å²) in [5, 5.41) is 0. The van der Waals surface area contributed by atoms with Crippen LogP contribution in [-0.4, -0.2) is 68.1 Å². The summed E-state index contributed by atoms with van der Waals surface area (Å²) in [6, 6.07) is 13.8. The molecule has 2 aromatic carbocycles. The normalized spacial score (nSPS) is 19.1. The fourth-order valence-electron chi connectivity index (χ4n) is 3.99. The third-order valence-corrected chi connectivity index (χ3v) is 7.45. The topological polar surface area (TPSA) is 78.0 Å². The lowest BCUT2D eigenvalue weighted by Gasteiger charge is -2.44. The summed E-state index contributed by atoms with van der Waals surface area (Å²) < 4.78 is 25.6. The molecule has 2 amide bonds. The van der Waals surface area contributed by atoms with E-state index >= 15 is 0 Å². The van der Waals surface area contributed by atoms with E-state index < -0.39 is 10.0 Å². The minimum Gasteiger partial charge on any atom is -0.332 e. The quantitative estimate of drug-likeness (QED) is 0.764. The molecule has 4 rings (SSSR count). The summed E-state index contributed by atoms with van der Waals surface area (Å²) in [7, 11) is -0.635. The van der Waals surface area contributed by atoms with Crippen LogP contribution in [0, 0.1) is 0 Å². The van der Waals surface area contributed by atoms with Crippen LogP contribution < -0.4 is 0 Å². The molecule has 0 spiro atoms. The lowest BCUT2D eigenvalue weighted by atomic mass is 9.90. The zero-order valence-electron chi connectivity index (χ0n) is 16.4. The Hall–Kier alpha value is -2.71. The van der Waals surface area contributed by atoms with Crippen LogP contribution in [0.5, 0.6) is 0 Å². The molecule has 1 fully saturated rings. The minimum atomic E-state index is -3.55. The van der Waals surface area contributed by atoms with Crippen molar-refractivity contribution in [1.29, 1.82) is 0 Å². The number of carbonyl (C=O) groups excluding carboxylic acids is 2. The Balaban J connectivity index is 1.58. The van der Waals surface area contributed by atoms with E-state index in [2.05, 4.69) is 6.07 Å². The smallest absolute Gasteiger partial charge is 0.254 e. The van der Waals surface area contributed by atoms with Gasteiger partial charge in [0.05, 0.1) is 10.9 Å². The fraction of sp³-hybridized carbons (Fsp3) is 0.333. The molecule has 0 radical (unpaired) electrons. The molecule has 0 unspecified atom stereocenters. The Morgan fingerprint density at radius 1 is 1.07 bits per heavy atom. The van der Waals surface area contributed by atoms with Gasteiger partial charge in [0, 0.05) is 32.7 Å². The lowest BCUT2D eigenvalue weighted by molar-refractivity contribution is -0.139. The van der Waals surface area contributed by atoms with Crippen LogP contribution in [0.1, 0.15) is 27.5 Å². The van der Waals surface area contributed by atoms with E-state index in [-0.39, 0.29) is 29.3 Å². The summed E-state index contributed by atoms with van der Waals surface area (Å²) in [6.45, 7) is 1.13. The van der Waals surface area contributed by atoms with Crippen molar-refractivity contribution < 1.29 is 18.0 Å². The van der Waals surface area contributed by atoms with Crippen LogP contribution in [0.25, 0.3) is 0 Å². The first kappa shape index (κ1) is 19.6. The van der Waals surface area contributed by atoms with Crippen molar-refractivity contribution in [2.45, 2.75) is 17.4 Å². The molecule has 29 heavy (non-hydrogen) atoms. The number of rotatable bonds is 3. The monoisotopic (exact) mass is 413 g/mol. The van der Waals surface area contributed by atoms with Gasteiger partial charge in [-0.3, -0.25) is 9.59 Å². The molecule has 0 N–H and O–H groups in total. The molecule has 1 saturated heterocycles. The van der Waals surface area contributed by atoms with Gasteiger partial charge in [0.15, 0.2) is 0 Å². The van der Waals surface area contributed by atoms with E-state index in [1.54, 1.807) is 4.90 Å². The van der Waals surface area contributed by atoms with Gasteiger partial charge < -0.3 is 9.80 Å². The molecule has 2 aliphatic rings. The van der Waals surface area contributed by atoms with Gasteiger partial charge in [-0.25, -0.2) is 12.7 Å². The lowest BCUT2D eigenvalue weighted by Crippen LogP contribution is -2.55. The van der Waals surface area contributed by atoms with Crippen molar-refractivity contribution in [1.82, 2.24) is 14.1 Å². The highest BCUT2D eigenvalue weighted by Gasteiger charge is 2.38. The molecule has 0 aliphatic carbocycles. The molecule has 0 bridgehead atoms. The van der Waals surface area contributed by atoms with Crippen LogP contribution in [0.15, 0.2) is 53.4 Å². The van der Waals surface area contributed by atoms with E-state index in [9.17, 15) is 18.0 Å². The highest BCUT2D eigenvalue weighted by Crippen LogP contribution is 2.33. The summed E-state index contributed by atoms with van der Waals surface area (Å²) in [5.41, 5.74) is 2.68. The number of sulfonamides is 1. The van der Waals surface area contributed by atoms with Crippen LogP contribution in [-0.2, 0) is 21.2 Å². The zero-order chi connectivity index (χ0) is 20.8. The minimum absolute atomic E-state index is 0.0370. The van der Waals surface area contributed by atoms with Crippen LogP contribution in [0.3, 0.4) is 0 Å². The van der Waals surface area contributed by atoms with Gasteiger partial charge in [0.25, 0.3) is 5.91 Å². The zero-order valence-corrected chi connectivity index (χ0v) is 17.2. The van der Waals surface area contributed by atoms with Crippen molar-refractivity contribution in [3.05, 3.63) is 65.2 Å². The van der Waals surface area contributed by atoms with Crippen molar-refractivity contribution in [2.24, 2.45) is 0 Å². The fourth-order valence-corrected chi connectivity index (χ4v) is 4.89. The van der Waals surface area contributed by atoms with E-state index in [0.29, 0.717) is 18.7 Å². The highest BCUT2D eigenvalue weighted by atomic mass is 32.2. The number of benzene rings is 2. The molecule has 2 aromatic rings. The van der Waals surface area contributed by atoms with Crippen molar-refractivity contribution in [2.75, 3.05) is 33.7 Å². The number of nitrogens with zero attached hydrogens (tertiary/aromatic N) is 3. The Kier molecular flexibility index (Phi) is 4.92. The van der Waals surface area contributed by atoms with Gasteiger partial charge in [-0.05, 0) is 41.8 Å². The van der Waals surface area contributed by atoms with Crippen LogP contribution in [0.4, 0.5) is 0 Å². The second kappa shape index (κ2) is 7.27. The van der Waals surface area contributed by atoms with E-state index in [4.69, 9.17) is 0 Å².